The highest BCUT2D eigenvalue weighted by Gasteiger charge is 2.25. The van der Waals surface area contributed by atoms with E-state index in [1.54, 1.807) is 7.11 Å². The van der Waals surface area contributed by atoms with Gasteiger partial charge in [0.2, 0.25) is 11.7 Å². The zero-order valence-corrected chi connectivity index (χ0v) is 14.7. The van der Waals surface area contributed by atoms with Crippen LogP contribution in [0.4, 0.5) is 0 Å². The van der Waals surface area contributed by atoms with E-state index in [0.717, 1.165) is 44.9 Å². The van der Waals surface area contributed by atoms with E-state index in [9.17, 15) is 0 Å². The van der Waals surface area contributed by atoms with E-state index >= 15 is 0 Å². The molecule has 3 rings (SSSR count). The van der Waals surface area contributed by atoms with Gasteiger partial charge in [-0.1, -0.05) is 35.0 Å². The molecule has 0 amide bonds. The number of aromatic nitrogens is 2. The molecule has 0 aliphatic carbocycles. The van der Waals surface area contributed by atoms with Crippen LogP contribution in [0.3, 0.4) is 0 Å². The molecule has 6 nitrogen and oxygen atoms in total. The summed E-state index contributed by atoms with van der Waals surface area (Å²) in [5.74, 6) is 1.35. The normalized spacial score (nSPS) is 18.0. The van der Waals surface area contributed by atoms with Crippen molar-refractivity contribution in [1.82, 2.24) is 19.9 Å². The molecule has 1 atom stereocenters. The zero-order valence-electron chi connectivity index (χ0n) is 14.7. The maximum Gasteiger partial charge on any atom is 0.244 e. The van der Waals surface area contributed by atoms with Gasteiger partial charge < -0.3 is 9.26 Å². The molecule has 2 heterocycles. The summed E-state index contributed by atoms with van der Waals surface area (Å²) in [6.07, 6.45) is 0. The molecule has 1 aliphatic rings. The van der Waals surface area contributed by atoms with Gasteiger partial charge in [0, 0.05) is 45.4 Å². The molecule has 0 N–H and O–H groups in total. The van der Waals surface area contributed by atoms with Gasteiger partial charge in [-0.2, -0.15) is 4.98 Å². The third-order valence-electron chi connectivity index (χ3n) is 4.68. The third kappa shape index (κ3) is 4.01. The molecular formula is C18H26N4O2. The Balaban J connectivity index is 1.60. The lowest BCUT2D eigenvalue weighted by Gasteiger charge is -2.36. The summed E-state index contributed by atoms with van der Waals surface area (Å²) < 4.78 is 10.7. The van der Waals surface area contributed by atoms with Crippen molar-refractivity contribution in [3.63, 3.8) is 0 Å². The average molecular weight is 330 g/mol. The van der Waals surface area contributed by atoms with Crippen molar-refractivity contribution in [3.05, 3.63) is 35.7 Å². The topological polar surface area (TPSA) is 54.6 Å². The maximum absolute atomic E-state index is 5.52. The Labute approximate surface area is 143 Å². The van der Waals surface area contributed by atoms with Gasteiger partial charge in [-0.15, -0.1) is 0 Å². The molecule has 24 heavy (non-hydrogen) atoms. The lowest BCUT2D eigenvalue weighted by Crippen LogP contribution is -2.47. The summed E-state index contributed by atoms with van der Waals surface area (Å²) in [5, 5.41) is 4.15. The molecule has 2 aromatic rings. The standard InChI is InChI=1S/C18H26N4O2/c1-14-4-6-16(7-5-14)17-19-18(24-20-17)15(2)22-10-8-21(9-11-22)12-13-23-3/h4-7,15H,8-13H2,1-3H3/t15-/m1/s1. The number of methoxy groups -OCH3 is 1. The van der Waals surface area contributed by atoms with Crippen molar-refractivity contribution >= 4 is 0 Å². The predicted octanol–water partition coefficient (Wildman–Crippen LogP) is 2.37. The number of benzene rings is 1. The van der Waals surface area contributed by atoms with E-state index in [1.165, 1.54) is 5.56 Å². The molecule has 1 aliphatic heterocycles. The average Bonchev–Trinajstić information content (AvgIpc) is 3.10. The summed E-state index contributed by atoms with van der Waals surface area (Å²) in [6.45, 7) is 10.1. The largest absolute Gasteiger partial charge is 0.383 e. The minimum Gasteiger partial charge on any atom is -0.383 e. The summed E-state index contributed by atoms with van der Waals surface area (Å²) >= 11 is 0. The molecule has 0 saturated carbocycles. The van der Waals surface area contributed by atoms with Crippen LogP contribution in [0.5, 0.6) is 0 Å². The van der Waals surface area contributed by atoms with Gasteiger partial charge in [-0.25, -0.2) is 0 Å². The molecule has 1 fully saturated rings. The van der Waals surface area contributed by atoms with Gasteiger partial charge in [0.25, 0.3) is 0 Å². The second-order valence-corrected chi connectivity index (χ2v) is 6.37. The van der Waals surface area contributed by atoms with Crippen LogP contribution in [0, 0.1) is 6.92 Å². The van der Waals surface area contributed by atoms with Gasteiger partial charge in [-0.05, 0) is 13.8 Å². The van der Waals surface area contributed by atoms with Gasteiger partial charge in [0.1, 0.15) is 0 Å². The van der Waals surface area contributed by atoms with Gasteiger partial charge in [0.05, 0.1) is 12.6 Å². The van der Waals surface area contributed by atoms with E-state index in [4.69, 9.17) is 9.26 Å². The Morgan fingerprint density at radius 2 is 1.88 bits per heavy atom. The van der Waals surface area contributed by atoms with E-state index < -0.39 is 0 Å². The number of piperazine rings is 1. The Morgan fingerprint density at radius 3 is 2.54 bits per heavy atom. The fourth-order valence-corrected chi connectivity index (χ4v) is 2.98. The second kappa shape index (κ2) is 7.88. The molecule has 130 valence electrons. The maximum atomic E-state index is 5.52. The van der Waals surface area contributed by atoms with Crippen molar-refractivity contribution in [3.8, 4) is 11.4 Å². The van der Waals surface area contributed by atoms with Crippen LogP contribution in [0.25, 0.3) is 11.4 Å². The minimum atomic E-state index is 0.140. The van der Waals surface area contributed by atoms with E-state index in [-0.39, 0.29) is 6.04 Å². The summed E-state index contributed by atoms with van der Waals surface area (Å²) in [7, 11) is 1.75. The smallest absolute Gasteiger partial charge is 0.244 e. The van der Waals surface area contributed by atoms with Crippen molar-refractivity contribution in [1.29, 1.82) is 0 Å². The van der Waals surface area contributed by atoms with Crippen molar-refractivity contribution in [2.24, 2.45) is 0 Å². The minimum absolute atomic E-state index is 0.140. The quantitative estimate of drug-likeness (QED) is 0.810. The summed E-state index contributed by atoms with van der Waals surface area (Å²) in [4.78, 5) is 9.43. The number of ether oxygens (including phenoxy) is 1. The fourth-order valence-electron chi connectivity index (χ4n) is 2.98. The number of rotatable bonds is 6. The van der Waals surface area contributed by atoms with Crippen LogP contribution in [-0.4, -0.2) is 66.4 Å². The zero-order chi connectivity index (χ0) is 16.9. The number of hydrogen-bond acceptors (Lipinski definition) is 6. The molecule has 1 aromatic heterocycles. The SMILES string of the molecule is COCCN1CCN([C@H](C)c2nc(-c3ccc(C)cc3)no2)CC1. The van der Waals surface area contributed by atoms with Crippen LogP contribution >= 0.6 is 0 Å². The van der Waals surface area contributed by atoms with Crippen molar-refractivity contribution in [2.75, 3.05) is 46.4 Å². The van der Waals surface area contributed by atoms with Crippen LogP contribution in [-0.2, 0) is 4.74 Å². The highest BCUT2D eigenvalue weighted by Crippen LogP contribution is 2.23. The van der Waals surface area contributed by atoms with Gasteiger partial charge in [-0.3, -0.25) is 9.80 Å². The Morgan fingerprint density at radius 1 is 1.17 bits per heavy atom. The number of nitrogens with zero attached hydrogens (tertiary/aromatic N) is 4. The summed E-state index contributed by atoms with van der Waals surface area (Å²) in [6, 6.07) is 8.33. The van der Waals surface area contributed by atoms with Crippen molar-refractivity contribution in [2.45, 2.75) is 19.9 Å². The molecule has 0 unspecified atom stereocenters. The fraction of sp³-hybridized carbons (Fsp3) is 0.556. The lowest BCUT2D eigenvalue weighted by molar-refractivity contribution is 0.0697. The molecule has 0 radical (unpaired) electrons. The van der Waals surface area contributed by atoms with E-state index in [2.05, 4.69) is 45.9 Å². The Bertz CT molecular complexity index is 633. The van der Waals surface area contributed by atoms with Crippen LogP contribution in [0.15, 0.2) is 28.8 Å². The molecule has 0 bridgehead atoms. The molecular weight excluding hydrogens is 304 g/mol. The number of hydrogen-bond donors (Lipinski definition) is 0. The predicted molar refractivity (Wildman–Crippen MR) is 92.8 cm³/mol. The first-order valence-electron chi connectivity index (χ1n) is 8.53. The van der Waals surface area contributed by atoms with Gasteiger partial charge >= 0.3 is 0 Å². The van der Waals surface area contributed by atoms with Crippen LogP contribution in [0.1, 0.15) is 24.4 Å². The van der Waals surface area contributed by atoms with Crippen LogP contribution < -0.4 is 0 Å². The summed E-state index contributed by atoms with van der Waals surface area (Å²) in [5.41, 5.74) is 2.22. The lowest BCUT2D eigenvalue weighted by atomic mass is 10.1. The van der Waals surface area contributed by atoms with Gasteiger partial charge in [0.15, 0.2) is 0 Å². The van der Waals surface area contributed by atoms with Crippen molar-refractivity contribution < 1.29 is 9.26 Å². The molecule has 6 heteroatoms. The monoisotopic (exact) mass is 330 g/mol. The molecule has 1 saturated heterocycles. The molecule has 1 aromatic carbocycles. The number of aryl methyl sites for hydroxylation is 1. The first kappa shape index (κ1) is 17.1. The Kier molecular flexibility index (Phi) is 5.60. The first-order valence-corrected chi connectivity index (χ1v) is 8.53. The highest BCUT2D eigenvalue weighted by molar-refractivity contribution is 5.54. The van der Waals surface area contributed by atoms with Crippen LogP contribution in [0.2, 0.25) is 0 Å². The first-order chi connectivity index (χ1) is 11.7. The third-order valence-corrected chi connectivity index (χ3v) is 4.68. The second-order valence-electron chi connectivity index (χ2n) is 6.37. The van der Waals surface area contributed by atoms with E-state index in [0.29, 0.717) is 11.7 Å². The molecule has 0 spiro atoms. The Hall–Kier alpha value is -1.76. The highest BCUT2D eigenvalue weighted by atomic mass is 16.5. The van der Waals surface area contributed by atoms with E-state index in [1.807, 2.05) is 12.1 Å².